The largest absolute Gasteiger partial charge is 0.374 e. The topological polar surface area (TPSA) is 84.7 Å². The summed E-state index contributed by atoms with van der Waals surface area (Å²) < 4.78 is 5.87. The molecule has 2 aromatic rings. The SMILES string of the molecule is CC(C)(N)CC(=O)N[C@H](COCc1ccccc1)C(=O)N1CCC2(CCc3ccccc32)CC1. The monoisotopic (exact) mass is 463 g/mol. The summed E-state index contributed by atoms with van der Waals surface area (Å²) in [5.41, 5.74) is 9.50. The van der Waals surface area contributed by atoms with Gasteiger partial charge in [-0.15, -0.1) is 0 Å². The van der Waals surface area contributed by atoms with E-state index in [0.29, 0.717) is 19.7 Å². The lowest BCUT2D eigenvalue weighted by molar-refractivity contribution is -0.140. The van der Waals surface area contributed by atoms with E-state index in [2.05, 4.69) is 29.6 Å². The van der Waals surface area contributed by atoms with E-state index in [9.17, 15) is 9.59 Å². The molecule has 0 bridgehead atoms. The van der Waals surface area contributed by atoms with Gasteiger partial charge in [-0.05, 0) is 61.6 Å². The Morgan fingerprint density at radius 3 is 2.44 bits per heavy atom. The second-order valence-electron chi connectivity index (χ2n) is 10.5. The van der Waals surface area contributed by atoms with Gasteiger partial charge in [-0.3, -0.25) is 9.59 Å². The minimum absolute atomic E-state index is 0.0719. The minimum Gasteiger partial charge on any atom is -0.374 e. The Morgan fingerprint density at radius 1 is 1.06 bits per heavy atom. The van der Waals surface area contributed by atoms with Crippen molar-refractivity contribution >= 4 is 11.8 Å². The number of carbonyl (C=O) groups excluding carboxylic acids is 2. The standard InChI is InChI=1S/C28H37N3O3/c1-27(2,29)18-25(32)30-24(20-34-19-21-8-4-3-5-9-21)26(33)31-16-14-28(15-17-31)13-12-22-10-6-7-11-23(22)28/h3-11,24H,12-20,29H2,1-2H3,(H,30,32)/t24-/m1/s1. The van der Waals surface area contributed by atoms with Gasteiger partial charge in [-0.2, -0.15) is 0 Å². The van der Waals surface area contributed by atoms with Crippen LogP contribution in [0.2, 0.25) is 0 Å². The fraction of sp³-hybridized carbons (Fsp3) is 0.500. The zero-order valence-electron chi connectivity index (χ0n) is 20.4. The summed E-state index contributed by atoms with van der Waals surface area (Å²) in [5.74, 6) is -0.301. The quantitative estimate of drug-likeness (QED) is 0.629. The maximum atomic E-state index is 13.5. The molecule has 2 aromatic carbocycles. The highest BCUT2D eigenvalue weighted by molar-refractivity contribution is 5.88. The summed E-state index contributed by atoms with van der Waals surface area (Å²) >= 11 is 0. The molecule has 1 fully saturated rings. The van der Waals surface area contributed by atoms with Gasteiger partial charge in [0.15, 0.2) is 0 Å². The van der Waals surface area contributed by atoms with Crippen LogP contribution in [0.15, 0.2) is 54.6 Å². The van der Waals surface area contributed by atoms with Gasteiger partial charge >= 0.3 is 0 Å². The number of hydrogen-bond acceptors (Lipinski definition) is 4. The summed E-state index contributed by atoms with van der Waals surface area (Å²) in [4.78, 5) is 28.0. The summed E-state index contributed by atoms with van der Waals surface area (Å²) in [6.45, 7) is 5.52. The molecule has 1 spiro atoms. The van der Waals surface area contributed by atoms with Gasteiger partial charge in [-0.25, -0.2) is 0 Å². The minimum atomic E-state index is -0.719. The lowest BCUT2D eigenvalue weighted by atomic mass is 9.74. The van der Waals surface area contributed by atoms with Gasteiger partial charge in [0.05, 0.1) is 13.2 Å². The molecule has 0 saturated carbocycles. The smallest absolute Gasteiger partial charge is 0.247 e. The number of nitrogens with one attached hydrogen (secondary N) is 1. The number of piperidine rings is 1. The van der Waals surface area contributed by atoms with E-state index in [1.807, 2.05) is 35.2 Å². The molecule has 1 aliphatic carbocycles. The van der Waals surface area contributed by atoms with E-state index in [0.717, 1.165) is 31.2 Å². The van der Waals surface area contributed by atoms with Gasteiger partial charge in [-0.1, -0.05) is 54.6 Å². The van der Waals surface area contributed by atoms with Crippen LogP contribution in [0.5, 0.6) is 0 Å². The van der Waals surface area contributed by atoms with Gasteiger partial charge in [0, 0.05) is 25.0 Å². The first-order chi connectivity index (χ1) is 16.3. The molecule has 34 heavy (non-hydrogen) atoms. The third-order valence-electron chi connectivity index (χ3n) is 7.14. The number of amides is 2. The normalized spacial score (nSPS) is 17.9. The van der Waals surface area contributed by atoms with Crippen LogP contribution in [0.3, 0.4) is 0 Å². The number of nitrogens with two attached hydrogens (primary N) is 1. The van der Waals surface area contributed by atoms with Crippen LogP contribution in [-0.4, -0.2) is 48.0 Å². The molecule has 6 heteroatoms. The number of ether oxygens (including phenoxy) is 1. The van der Waals surface area contributed by atoms with Crippen molar-refractivity contribution in [2.75, 3.05) is 19.7 Å². The molecule has 1 aliphatic heterocycles. The van der Waals surface area contributed by atoms with Crippen molar-refractivity contribution in [3.63, 3.8) is 0 Å². The maximum absolute atomic E-state index is 13.5. The fourth-order valence-electron chi connectivity index (χ4n) is 5.36. The van der Waals surface area contributed by atoms with Gasteiger partial charge in [0.2, 0.25) is 11.8 Å². The van der Waals surface area contributed by atoms with Crippen molar-refractivity contribution in [2.24, 2.45) is 5.73 Å². The predicted octanol–water partition coefficient (Wildman–Crippen LogP) is 3.32. The first-order valence-electron chi connectivity index (χ1n) is 12.3. The van der Waals surface area contributed by atoms with Gasteiger partial charge < -0.3 is 20.7 Å². The van der Waals surface area contributed by atoms with Crippen molar-refractivity contribution in [1.82, 2.24) is 10.2 Å². The molecule has 1 saturated heterocycles. The fourth-order valence-corrected chi connectivity index (χ4v) is 5.36. The van der Waals surface area contributed by atoms with Crippen molar-refractivity contribution in [3.8, 4) is 0 Å². The number of hydrogen-bond donors (Lipinski definition) is 2. The van der Waals surface area contributed by atoms with E-state index >= 15 is 0 Å². The van der Waals surface area contributed by atoms with E-state index < -0.39 is 11.6 Å². The molecular weight excluding hydrogens is 426 g/mol. The third kappa shape index (κ3) is 5.86. The molecule has 2 aliphatic rings. The van der Waals surface area contributed by atoms with Crippen LogP contribution in [-0.2, 0) is 32.8 Å². The van der Waals surface area contributed by atoms with Crippen molar-refractivity contribution < 1.29 is 14.3 Å². The molecule has 0 unspecified atom stereocenters. The highest BCUT2D eigenvalue weighted by Crippen LogP contribution is 2.46. The van der Waals surface area contributed by atoms with E-state index in [-0.39, 0.29) is 30.3 Å². The number of rotatable bonds is 8. The molecular formula is C28H37N3O3. The predicted molar refractivity (Wildman–Crippen MR) is 133 cm³/mol. The highest BCUT2D eigenvalue weighted by Gasteiger charge is 2.42. The first kappa shape index (κ1) is 24.4. The number of fused-ring (bicyclic) bond motifs is 2. The molecule has 182 valence electrons. The summed E-state index contributed by atoms with van der Waals surface area (Å²) in [7, 11) is 0. The molecule has 0 radical (unpaired) electrons. The molecule has 4 rings (SSSR count). The Hall–Kier alpha value is -2.70. The molecule has 2 amide bonds. The molecule has 6 nitrogen and oxygen atoms in total. The Labute approximate surface area is 202 Å². The second-order valence-corrected chi connectivity index (χ2v) is 10.5. The maximum Gasteiger partial charge on any atom is 0.247 e. The molecule has 1 atom stereocenters. The Balaban J connectivity index is 1.39. The number of nitrogens with zero attached hydrogens (tertiary/aromatic N) is 1. The number of benzene rings is 2. The first-order valence-corrected chi connectivity index (χ1v) is 12.3. The Kier molecular flexibility index (Phi) is 7.39. The highest BCUT2D eigenvalue weighted by atomic mass is 16.5. The number of carbonyl (C=O) groups is 2. The van der Waals surface area contributed by atoms with Crippen LogP contribution >= 0.6 is 0 Å². The van der Waals surface area contributed by atoms with E-state index in [4.69, 9.17) is 10.5 Å². The van der Waals surface area contributed by atoms with Crippen LogP contribution in [0, 0.1) is 0 Å². The number of aryl methyl sites for hydroxylation is 1. The van der Waals surface area contributed by atoms with Crippen LogP contribution in [0.25, 0.3) is 0 Å². The molecule has 3 N–H and O–H groups in total. The van der Waals surface area contributed by atoms with Crippen LogP contribution < -0.4 is 11.1 Å². The number of likely N-dealkylation sites (tertiary alicyclic amines) is 1. The lowest BCUT2D eigenvalue weighted by Crippen LogP contribution is -2.55. The average molecular weight is 464 g/mol. The van der Waals surface area contributed by atoms with Crippen molar-refractivity contribution in [3.05, 3.63) is 71.3 Å². The summed E-state index contributed by atoms with van der Waals surface area (Å²) in [5, 5.41) is 2.90. The summed E-state index contributed by atoms with van der Waals surface area (Å²) in [6, 6.07) is 17.8. The second kappa shape index (κ2) is 10.3. The molecule has 0 aromatic heterocycles. The van der Waals surface area contributed by atoms with Crippen molar-refractivity contribution in [1.29, 1.82) is 0 Å². The zero-order chi connectivity index (χ0) is 24.2. The van der Waals surface area contributed by atoms with E-state index in [1.54, 1.807) is 13.8 Å². The lowest BCUT2D eigenvalue weighted by Gasteiger charge is -2.41. The molecule has 1 heterocycles. The van der Waals surface area contributed by atoms with Crippen LogP contribution in [0.4, 0.5) is 0 Å². The van der Waals surface area contributed by atoms with Crippen molar-refractivity contribution in [2.45, 2.75) is 69.6 Å². The average Bonchev–Trinajstić information content (AvgIpc) is 3.16. The van der Waals surface area contributed by atoms with Gasteiger partial charge in [0.25, 0.3) is 0 Å². The summed E-state index contributed by atoms with van der Waals surface area (Å²) in [6.07, 6.45) is 4.33. The zero-order valence-corrected chi connectivity index (χ0v) is 20.4. The third-order valence-corrected chi connectivity index (χ3v) is 7.14. The van der Waals surface area contributed by atoms with Gasteiger partial charge in [0.1, 0.15) is 6.04 Å². The Morgan fingerprint density at radius 2 is 1.74 bits per heavy atom. The van der Waals surface area contributed by atoms with E-state index in [1.165, 1.54) is 11.1 Å². The van der Waals surface area contributed by atoms with Crippen LogP contribution in [0.1, 0.15) is 56.2 Å². The Bertz CT molecular complexity index is 991.